The number of hydrogen-bond donors (Lipinski definition) is 1. The Balaban J connectivity index is 1.95. The summed E-state index contributed by atoms with van der Waals surface area (Å²) in [4.78, 5) is 2.20. The van der Waals surface area contributed by atoms with Gasteiger partial charge in [-0.2, -0.15) is 5.10 Å². The third-order valence-corrected chi connectivity index (χ3v) is 2.60. The summed E-state index contributed by atoms with van der Waals surface area (Å²) < 4.78 is 5.30. The van der Waals surface area contributed by atoms with Crippen LogP contribution < -0.4 is 10.2 Å². The molecule has 0 amide bonds. The van der Waals surface area contributed by atoms with Gasteiger partial charge in [0, 0.05) is 19.6 Å². The SMILES string of the molecule is CCNCc1ccc(N2CCOCC2)nn1. The van der Waals surface area contributed by atoms with Gasteiger partial charge in [-0.05, 0) is 18.7 Å². The van der Waals surface area contributed by atoms with Crippen molar-refractivity contribution in [2.45, 2.75) is 13.5 Å². The highest BCUT2D eigenvalue weighted by Gasteiger charge is 2.12. The van der Waals surface area contributed by atoms with Gasteiger partial charge in [-0.3, -0.25) is 0 Å². The number of nitrogens with zero attached hydrogens (tertiary/aromatic N) is 3. The quantitative estimate of drug-likeness (QED) is 0.800. The Kier molecular flexibility index (Phi) is 4.07. The molecule has 1 aromatic rings. The van der Waals surface area contributed by atoms with Gasteiger partial charge in [0.05, 0.1) is 18.9 Å². The Morgan fingerprint density at radius 2 is 2.12 bits per heavy atom. The predicted octanol–water partition coefficient (Wildman–Crippen LogP) is 0.423. The van der Waals surface area contributed by atoms with E-state index in [0.29, 0.717) is 0 Å². The Bertz CT molecular complexity index is 308. The fourth-order valence-corrected chi connectivity index (χ4v) is 1.66. The Hall–Kier alpha value is -1.20. The van der Waals surface area contributed by atoms with E-state index in [1.807, 2.05) is 12.1 Å². The smallest absolute Gasteiger partial charge is 0.151 e. The highest BCUT2D eigenvalue weighted by Crippen LogP contribution is 2.11. The Labute approximate surface area is 95.8 Å². The first-order valence-electron chi connectivity index (χ1n) is 5.76. The number of morpholine rings is 1. The molecule has 1 N–H and O–H groups in total. The highest BCUT2D eigenvalue weighted by molar-refractivity contribution is 5.37. The van der Waals surface area contributed by atoms with Gasteiger partial charge in [0.25, 0.3) is 0 Å². The largest absolute Gasteiger partial charge is 0.378 e. The van der Waals surface area contributed by atoms with Gasteiger partial charge in [-0.15, -0.1) is 5.10 Å². The van der Waals surface area contributed by atoms with Crippen molar-refractivity contribution in [2.75, 3.05) is 37.7 Å². The van der Waals surface area contributed by atoms with Gasteiger partial charge >= 0.3 is 0 Å². The first-order valence-corrected chi connectivity index (χ1v) is 5.76. The van der Waals surface area contributed by atoms with Crippen LogP contribution in [0, 0.1) is 0 Å². The van der Waals surface area contributed by atoms with Crippen molar-refractivity contribution >= 4 is 5.82 Å². The molecule has 1 saturated heterocycles. The molecule has 0 radical (unpaired) electrons. The average Bonchev–Trinajstić information content (AvgIpc) is 2.38. The van der Waals surface area contributed by atoms with E-state index in [-0.39, 0.29) is 0 Å². The topological polar surface area (TPSA) is 50.3 Å². The maximum atomic E-state index is 5.30. The zero-order valence-corrected chi connectivity index (χ0v) is 9.65. The molecule has 0 saturated carbocycles. The van der Waals surface area contributed by atoms with E-state index >= 15 is 0 Å². The molecule has 0 aliphatic carbocycles. The van der Waals surface area contributed by atoms with Gasteiger partial charge < -0.3 is 15.0 Å². The summed E-state index contributed by atoms with van der Waals surface area (Å²) in [5, 5.41) is 11.7. The van der Waals surface area contributed by atoms with Crippen molar-refractivity contribution in [1.29, 1.82) is 0 Å². The van der Waals surface area contributed by atoms with E-state index in [1.54, 1.807) is 0 Å². The minimum absolute atomic E-state index is 0.779. The van der Waals surface area contributed by atoms with Crippen molar-refractivity contribution in [3.63, 3.8) is 0 Å². The lowest BCUT2D eigenvalue weighted by Gasteiger charge is -2.27. The Morgan fingerprint density at radius 1 is 1.31 bits per heavy atom. The first-order chi connectivity index (χ1) is 7.90. The van der Waals surface area contributed by atoms with Gasteiger partial charge in [-0.25, -0.2) is 0 Å². The van der Waals surface area contributed by atoms with Crippen LogP contribution in [-0.4, -0.2) is 43.0 Å². The van der Waals surface area contributed by atoms with E-state index in [0.717, 1.165) is 50.9 Å². The van der Waals surface area contributed by atoms with Gasteiger partial charge in [0.2, 0.25) is 0 Å². The molecule has 0 aromatic carbocycles. The van der Waals surface area contributed by atoms with Crippen LogP contribution in [0.2, 0.25) is 0 Å². The monoisotopic (exact) mass is 222 g/mol. The predicted molar refractivity (Wildman–Crippen MR) is 62.4 cm³/mol. The van der Waals surface area contributed by atoms with Crippen molar-refractivity contribution in [3.8, 4) is 0 Å². The molecule has 5 nitrogen and oxygen atoms in total. The van der Waals surface area contributed by atoms with Gasteiger partial charge in [0.15, 0.2) is 5.82 Å². The van der Waals surface area contributed by atoms with E-state index in [1.165, 1.54) is 0 Å². The summed E-state index contributed by atoms with van der Waals surface area (Å²) in [6.45, 7) is 7.18. The Morgan fingerprint density at radius 3 is 2.75 bits per heavy atom. The number of nitrogens with one attached hydrogen (secondary N) is 1. The summed E-state index contributed by atoms with van der Waals surface area (Å²) in [6.07, 6.45) is 0. The standard InChI is InChI=1S/C11H18N4O/c1-2-12-9-10-3-4-11(14-13-10)15-5-7-16-8-6-15/h3-4,12H,2,5-9H2,1H3. The molecule has 1 aliphatic rings. The van der Waals surface area contributed by atoms with Crippen LogP contribution in [0.5, 0.6) is 0 Å². The lowest BCUT2D eigenvalue weighted by atomic mass is 10.3. The third kappa shape index (κ3) is 2.90. The summed E-state index contributed by atoms with van der Waals surface area (Å²) >= 11 is 0. The molecule has 0 unspecified atom stereocenters. The number of hydrogen-bond acceptors (Lipinski definition) is 5. The van der Waals surface area contributed by atoms with Crippen molar-refractivity contribution in [2.24, 2.45) is 0 Å². The van der Waals surface area contributed by atoms with Crippen molar-refractivity contribution in [1.82, 2.24) is 15.5 Å². The zero-order chi connectivity index (χ0) is 11.2. The second-order valence-corrected chi connectivity index (χ2v) is 3.76. The molecule has 1 fully saturated rings. The molecular weight excluding hydrogens is 204 g/mol. The van der Waals surface area contributed by atoms with Crippen molar-refractivity contribution < 1.29 is 4.74 Å². The second kappa shape index (κ2) is 5.77. The van der Waals surface area contributed by atoms with Crippen molar-refractivity contribution in [3.05, 3.63) is 17.8 Å². The van der Waals surface area contributed by atoms with Crippen LogP contribution >= 0.6 is 0 Å². The second-order valence-electron chi connectivity index (χ2n) is 3.76. The minimum Gasteiger partial charge on any atom is -0.378 e. The van der Waals surface area contributed by atoms with Crippen LogP contribution in [-0.2, 0) is 11.3 Å². The van der Waals surface area contributed by atoms with Crippen LogP contribution in [0.25, 0.3) is 0 Å². The molecule has 0 bridgehead atoms. The number of anilines is 1. The number of aromatic nitrogens is 2. The zero-order valence-electron chi connectivity index (χ0n) is 9.65. The average molecular weight is 222 g/mol. The number of rotatable bonds is 4. The summed E-state index contributed by atoms with van der Waals surface area (Å²) in [5.41, 5.74) is 0.985. The van der Waals surface area contributed by atoms with Gasteiger partial charge in [-0.1, -0.05) is 6.92 Å². The van der Waals surface area contributed by atoms with Crippen LogP contribution in [0.4, 0.5) is 5.82 Å². The molecule has 5 heteroatoms. The molecular formula is C11H18N4O. The normalized spacial score (nSPS) is 16.4. The maximum Gasteiger partial charge on any atom is 0.151 e. The molecule has 88 valence electrons. The lowest BCUT2D eigenvalue weighted by molar-refractivity contribution is 0.122. The summed E-state index contributed by atoms with van der Waals surface area (Å²) in [6, 6.07) is 4.06. The van der Waals surface area contributed by atoms with Crippen LogP contribution in [0.15, 0.2) is 12.1 Å². The minimum atomic E-state index is 0.779. The highest BCUT2D eigenvalue weighted by atomic mass is 16.5. The van der Waals surface area contributed by atoms with E-state index in [4.69, 9.17) is 4.74 Å². The van der Waals surface area contributed by atoms with Crippen LogP contribution in [0.1, 0.15) is 12.6 Å². The maximum absolute atomic E-state index is 5.30. The van der Waals surface area contributed by atoms with Crippen LogP contribution in [0.3, 0.4) is 0 Å². The first kappa shape index (κ1) is 11.3. The fourth-order valence-electron chi connectivity index (χ4n) is 1.66. The van der Waals surface area contributed by atoms with E-state index in [9.17, 15) is 0 Å². The van der Waals surface area contributed by atoms with E-state index < -0.39 is 0 Å². The lowest BCUT2D eigenvalue weighted by Crippen LogP contribution is -2.36. The number of ether oxygens (including phenoxy) is 1. The molecule has 2 heterocycles. The molecule has 2 rings (SSSR count). The molecule has 0 spiro atoms. The van der Waals surface area contributed by atoms with Gasteiger partial charge in [0.1, 0.15) is 0 Å². The molecule has 1 aliphatic heterocycles. The third-order valence-electron chi connectivity index (χ3n) is 2.60. The summed E-state index contributed by atoms with van der Waals surface area (Å²) in [7, 11) is 0. The molecule has 0 atom stereocenters. The summed E-state index contributed by atoms with van der Waals surface area (Å²) in [5.74, 6) is 0.948. The molecule has 1 aromatic heterocycles. The fraction of sp³-hybridized carbons (Fsp3) is 0.636. The van der Waals surface area contributed by atoms with E-state index in [2.05, 4.69) is 27.3 Å². The molecule has 16 heavy (non-hydrogen) atoms.